The largest absolute Gasteiger partial charge is 0.480 e. The smallest absolute Gasteiger partial charge is 0.320 e. The summed E-state index contributed by atoms with van der Waals surface area (Å²) in [7, 11) is 0. The predicted octanol–water partition coefficient (Wildman–Crippen LogP) is 1.85. The van der Waals surface area contributed by atoms with Gasteiger partial charge in [-0.15, -0.1) is 0 Å². The summed E-state index contributed by atoms with van der Waals surface area (Å²) >= 11 is 0. The zero-order valence-corrected chi connectivity index (χ0v) is 10.3. The lowest BCUT2D eigenvalue weighted by Crippen LogP contribution is -2.46. The molecule has 0 spiro atoms. The number of fused-ring (bicyclic) bond motifs is 1. The first kappa shape index (κ1) is 12.1. The number of nitrogens with one attached hydrogen (secondary N) is 1. The van der Waals surface area contributed by atoms with E-state index < -0.39 is 12.0 Å². The molecule has 3 heteroatoms. The highest BCUT2D eigenvalue weighted by molar-refractivity contribution is 5.73. The summed E-state index contributed by atoms with van der Waals surface area (Å²) in [6.45, 7) is 3.88. The van der Waals surface area contributed by atoms with Crippen LogP contribution in [0.3, 0.4) is 0 Å². The molecular formula is C14H19NO2. The van der Waals surface area contributed by atoms with Crippen LogP contribution in [0.15, 0.2) is 24.3 Å². The molecule has 0 bridgehead atoms. The van der Waals surface area contributed by atoms with Crippen LogP contribution >= 0.6 is 0 Å². The lowest BCUT2D eigenvalue weighted by molar-refractivity contribution is -0.140. The predicted molar refractivity (Wildman–Crippen MR) is 67.0 cm³/mol. The fourth-order valence-electron chi connectivity index (χ4n) is 2.48. The molecule has 1 aliphatic carbocycles. The van der Waals surface area contributed by atoms with Crippen molar-refractivity contribution in [2.75, 3.05) is 0 Å². The van der Waals surface area contributed by atoms with Gasteiger partial charge < -0.3 is 10.4 Å². The van der Waals surface area contributed by atoms with E-state index in [2.05, 4.69) is 17.4 Å². The van der Waals surface area contributed by atoms with E-state index in [1.54, 1.807) is 0 Å². The quantitative estimate of drug-likeness (QED) is 0.834. The van der Waals surface area contributed by atoms with Crippen molar-refractivity contribution >= 4 is 5.97 Å². The summed E-state index contributed by atoms with van der Waals surface area (Å²) in [5.41, 5.74) is 2.69. The maximum absolute atomic E-state index is 11.1. The molecule has 0 aliphatic heterocycles. The Labute approximate surface area is 102 Å². The van der Waals surface area contributed by atoms with Crippen LogP contribution in [0, 0.1) is 5.92 Å². The van der Waals surface area contributed by atoms with Gasteiger partial charge in [0.05, 0.1) is 0 Å². The third kappa shape index (κ3) is 2.67. The van der Waals surface area contributed by atoms with E-state index in [-0.39, 0.29) is 12.0 Å². The van der Waals surface area contributed by atoms with Gasteiger partial charge in [-0.3, -0.25) is 4.79 Å². The van der Waals surface area contributed by atoms with Crippen LogP contribution in [0.4, 0.5) is 0 Å². The molecule has 1 aromatic carbocycles. The minimum Gasteiger partial charge on any atom is -0.480 e. The molecule has 1 aliphatic rings. The van der Waals surface area contributed by atoms with Crippen molar-refractivity contribution in [2.24, 2.45) is 5.92 Å². The second kappa shape index (κ2) is 4.88. The Kier molecular flexibility index (Phi) is 3.48. The minimum atomic E-state index is -0.754. The van der Waals surface area contributed by atoms with E-state index >= 15 is 0 Å². The number of carbonyl (C=O) groups is 1. The highest BCUT2D eigenvalue weighted by Gasteiger charge is 2.28. The van der Waals surface area contributed by atoms with Gasteiger partial charge in [0, 0.05) is 6.04 Å². The van der Waals surface area contributed by atoms with E-state index in [4.69, 9.17) is 5.11 Å². The highest BCUT2D eigenvalue weighted by atomic mass is 16.4. The molecule has 1 atom stereocenters. The van der Waals surface area contributed by atoms with E-state index in [9.17, 15) is 4.79 Å². The second-order valence-electron chi connectivity index (χ2n) is 5.10. The normalized spacial score (nSPS) is 17.1. The van der Waals surface area contributed by atoms with Gasteiger partial charge in [-0.1, -0.05) is 38.1 Å². The number of carboxylic acid groups (broad SMARTS) is 1. The topological polar surface area (TPSA) is 49.3 Å². The van der Waals surface area contributed by atoms with E-state index in [1.165, 1.54) is 11.1 Å². The lowest BCUT2D eigenvalue weighted by atomic mass is 10.0. The van der Waals surface area contributed by atoms with Gasteiger partial charge in [0.2, 0.25) is 0 Å². The fourth-order valence-corrected chi connectivity index (χ4v) is 2.48. The number of benzene rings is 1. The van der Waals surface area contributed by atoms with Crippen LogP contribution in [0.2, 0.25) is 0 Å². The average Bonchev–Trinajstić information content (AvgIpc) is 2.67. The molecule has 92 valence electrons. The molecule has 1 aromatic rings. The summed E-state index contributed by atoms with van der Waals surface area (Å²) in [6, 6.07) is 8.14. The summed E-state index contributed by atoms with van der Waals surface area (Å²) in [6.07, 6.45) is 1.87. The van der Waals surface area contributed by atoms with Gasteiger partial charge in [-0.05, 0) is 29.9 Å². The Morgan fingerprint density at radius 3 is 2.24 bits per heavy atom. The molecule has 0 radical (unpaired) electrons. The third-order valence-electron chi connectivity index (χ3n) is 3.40. The average molecular weight is 233 g/mol. The molecule has 0 saturated carbocycles. The van der Waals surface area contributed by atoms with Crippen LogP contribution in [0.1, 0.15) is 25.0 Å². The van der Waals surface area contributed by atoms with Crippen molar-refractivity contribution in [1.82, 2.24) is 5.32 Å². The lowest BCUT2D eigenvalue weighted by Gasteiger charge is -2.22. The molecule has 0 saturated heterocycles. The molecule has 2 N–H and O–H groups in total. The van der Waals surface area contributed by atoms with Crippen molar-refractivity contribution in [1.29, 1.82) is 0 Å². The van der Waals surface area contributed by atoms with Crippen molar-refractivity contribution in [3.63, 3.8) is 0 Å². The first-order valence-electron chi connectivity index (χ1n) is 6.13. The van der Waals surface area contributed by atoms with Crippen LogP contribution in [0.5, 0.6) is 0 Å². The van der Waals surface area contributed by atoms with Crippen LogP contribution < -0.4 is 5.32 Å². The fraction of sp³-hybridized carbons (Fsp3) is 0.500. The van der Waals surface area contributed by atoms with Crippen LogP contribution in [0.25, 0.3) is 0 Å². The molecule has 0 amide bonds. The monoisotopic (exact) mass is 233 g/mol. The Balaban J connectivity index is 2.01. The Hall–Kier alpha value is -1.35. The molecular weight excluding hydrogens is 214 g/mol. The number of aliphatic carboxylic acids is 1. The van der Waals surface area contributed by atoms with Gasteiger partial charge in [0.15, 0.2) is 0 Å². The third-order valence-corrected chi connectivity index (χ3v) is 3.40. The van der Waals surface area contributed by atoms with E-state index in [1.807, 2.05) is 26.0 Å². The van der Waals surface area contributed by atoms with Crippen molar-refractivity contribution in [3.05, 3.63) is 35.4 Å². The van der Waals surface area contributed by atoms with Gasteiger partial charge >= 0.3 is 5.97 Å². The second-order valence-corrected chi connectivity index (χ2v) is 5.10. The number of carboxylic acids is 1. The molecule has 0 aromatic heterocycles. The van der Waals surface area contributed by atoms with Crippen LogP contribution in [-0.2, 0) is 17.6 Å². The number of rotatable bonds is 4. The van der Waals surface area contributed by atoms with E-state index in [0.717, 1.165) is 12.8 Å². The van der Waals surface area contributed by atoms with Gasteiger partial charge in [-0.2, -0.15) is 0 Å². The van der Waals surface area contributed by atoms with E-state index in [0.29, 0.717) is 0 Å². The Morgan fingerprint density at radius 1 is 1.29 bits per heavy atom. The number of hydrogen-bond donors (Lipinski definition) is 2. The molecule has 1 unspecified atom stereocenters. The standard InChI is InChI=1S/C14H19NO2/c1-9(2)13(14(16)17)15-12-7-10-5-3-4-6-11(10)8-12/h3-6,9,12-13,15H,7-8H2,1-2H3,(H,16,17). The summed E-state index contributed by atoms with van der Waals surface area (Å²) in [5.74, 6) is -0.646. The van der Waals surface area contributed by atoms with Crippen molar-refractivity contribution in [3.8, 4) is 0 Å². The highest BCUT2D eigenvalue weighted by Crippen LogP contribution is 2.22. The first-order chi connectivity index (χ1) is 8.08. The summed E-state index contributed by atoms with van der Waals surface area (Å²) < 4.78 is 0. The maximum Gasteiger partial charge on any atom is 0.320 e. The molecule has 0 fully saturated rings. The Bertz CT molecular complexity index is 389. The molecule has 17 heavy (non-hydrogen) atoms. The summed E-state index contributed by atoms with van der Waals surface area (Å²) in [5, 5.41) is 12.4. The SMILES string of the molecule is CC(C)C(NC1Cc2ccccc2C1)C(=O)O. The van der Waals surface area contributed by atoms with Crippen LogP contribution in [-0.4, -0.2) is 23.2 Å². The Morgan fingerprint density at radius 2 is 1.82 bits per heavy atom. The molecule has 2 rings (SSSR count). The van der Waals surface area contributed by atoms with Crippen molar-refractivity contribution < 1.29 is 9.90 Å². The van der Waals surface area contributed by atoms with Gasteiger partial charge in [-0.25, -0.2) is 0 Å². The first-order valence-corrected chi connectivity index (χ1v) is 6.13. The number of hydrogen-bond acceptors (Lipinski definition) is 2. The van der Waals surface area contributed by atoms with Crippen molar-refractivity contribution in [2.45, 2.75) is 38.8 Å². The minimum absolute atomic E-state index is 0.108. The summed E-state index contributed by atoms with van der Waals surface area (Å²) in [4.78, 5) is 11.1. The maximum atomic E-state index is 11.1. The molecule has 0 heterocycles. The van der Waals surface area contributed by atoms with Gasteiger partial charge in [0.1, 0.15) is 6.04 Å². The van der Waals surface area contributed by atoms with Gasteiger partial charge in [0.25, 0.3) is 0 Å². The molecule has 3 nitrogen and oxygen atoms in total. The zero-order valence-electron chi connectivity index (χ0n) is 10.3. The zero-order chi connectivity index (χ0) is 12.4.